The molecule has 0 saturated carbocycles. The fourth-order valence-corrected chi connectivity index (χ4v) is 2.35. The van der Waals surface area contributed by atoms with Crippen LogP contribution < -0.4 is 5.73 Å². The van der Waals surface area contributed by atoms with Crippen LogP contribution in [0.25, 0.3) is 17.1 Å². The number of nitrogen functional groups attached to an aromatic ring is 1. The zero-order valence-electron chi connectivity index (χ0n) is 11.7. The molecule has 0 spiro atoms. The summed E-state index contributed by atoms with van der Waals surface area (Å²) >= 11 is 0. The van der Waals surface area contributed by atoms with Crippen molar-refractivity contribution in [1.29, 1.82) is 0 Å². The monoisotopic (exact) mass is 283 g/mol. The zero-order chi connectivity index (χ0) is 15.0. The molecule has 0 atom stereocenters. The number of rotatable bonds is 2. The lowest BCUT2D eigenvalue weighted by Gasteiger charge is -2.09. The molecule has 2 aromatic carbocycles. The molecule has 3 aromatic rings. The maximum atomic E-state index is 14.1. The molecule has 0 bridgehead atoms. The van der Waals surface area contributed by atoms with Crippen molar-refractivity contribution in [2.24, 2.45) is 0 Å². The van der Waals surface area contributed by atoms with Crippen LogP contribution in [0.3, 0.4) is 0 Å². The van der Waals surface area contributed by atoms with Crippen LogP contribution in [0.2, 0.25) is 0 Å². The van der Waals surface area contributed by atoms with Gasteiger partial charge in [0, 0.05) is 11.3 Å². The highest BCUT2D eigenvalue weighted by atomic mass is 19.1. The number of para-hydroxylation sites is 1. The van der Waals surface area contributed by atoms with E-state index in [0.717, 1.165) is 16.7 Å². The van der Waals surface area contributed by atoms with Crippen molar-refractivity contribution in [2.75, 3.05) is 5.73 Å². The Hall–Kier alpha value is -2.76. The molecule has 5 nitrogen and oxygen atoms in total. The maximum absolute atomic E-state index is 14.1. The first-order valence-electron chi connectivity index (χ1n) is 6.47. The molecule has 6 heteroatoms. The second kappa shape index (κ2) is 4.97. The van der Waals surface area contributed by atoms with Gasteiger partial charge < -0.3 is 5.73 Å². The number of aromatic nitrogens is 4. The Morgan fingerprint density at radius 1 is 1.14 bits per heavy atom. The molecule has 3 rings (SSSR count). The summed E-state index contributed by atoms with van der Waals surface area (Å²) < 4.78 is 15.5. The van der Waals surface area contributed by atoms with E-state index in [-0.39, 0.29) is 5.82 Å². The number of aryl methyl sites for hydroxylation is 2. The quantitative estimate of drug-likeness (QED) is 0.734. The van der Waals surface area contributed by atoms with E-state index in [1.807, 2.05) is 32.0 Å². The molecule has 1 heterocycles. The third-order valence-corrected chi connectivity index (χ3v) is 3.23. The van der Waals surface area contributed by atoms with E-state index in [1.165, 1.54) is 10.7 Å². The van der Waals surface area contributed by atoms with Crippen molar-refractivity contribution in [2.45, 2.75) is 13.8 Å². The number of anilines is 1. The second-order valence-corrected chi connectivity index (χ2v) is 4.95. The summed E-state index contributed by atoms with van der Waals surface area (Å²) in [4.78, 5) is 0. The number of benzene rings is 2. The van der Waals surface area contributed by atoms with Crippen LogP contribution in [0.1, 0.15) is 11.1 Å². The smallest absolute Gasteiger partial charge is 0.187 e. The minimum atomic E-state index is -0.371. The molecule has 0 amide bonds. The van der Waals surface area contributed by atoms with Crippen molar-refractivity contribution in [1.82, 2.24) is 20.2 Å². The number of nitrogens with two attached hydrogens (primary N) is 1. The average molecular weight is 283 g/mol. The number of hydrogen-bond acceptors (Lipinski definition) is 4. The predicted molar refractivity (Wildman–Crippen MR) is 78.4 cm³/mol. The standard InChI is InChI=1S/C15H14FN5/c1-9-6-11(8-12(17)7-9)15-18-19-20-21(15)14-10(2)4-3-5-13(14)16/h3-8H,17H2,1-2H3. The zero-order valence-corrected chi connectivity index (χ0v) is 11.7. The van der Waals surface area contributed by atoms with Crippen LogP contribution in [0.5, 0.6) is 0 Å². The molecule has 0 aliphatic rings. The molecule has 21 heavy (non-hydrogen) atoms. The van der Waals surface area contributed by atoms with Crippen LogP contribution in [0.15, 0.2) is 36.4 Å². The molecule has 2 N–H and O–H groups in total. The van der Waals surface area contributed by atoms with Gasteiger partial charge in [0.1, 0.15) is 11.5 Å². The van der Waals surface area contributed by atoms with Gasteiger partial charge in [-0.25, -0.2) is 4.39 Å². The Bertz CT molecular complexity index is 769. The van der Waals surface area contributed by atoms with Crippen molar-refractivity contribution in [3.05, 3.63) is 53.3 Å². The highest BCUT2D eigenvalue weighted by Gasteiger charge is 2.16. The van der Waals surface area contributed by atoms with Crippen LogP contribution in [0, 0.1) is 19.7 Å². The SMILES string of the molecule is Cc1cc(N)cc(-c2nnnn2-c2c(C)cccc2F)c1. The predicted octanol–water partition coefficient (Wildman–Crippen LogP) is 2.67. The second-order valence-electron chi connectivity index (χ2n) is 4.95. The maximum Gasteiger partial charge on any atom is 0.187 e. The molecule has 1 aromatic heterocycles. The van der Waals surface area contributed by atoms with E-state index in [2.05, 4.69) is 15.5 Å². The molecule has 106 valence electrons. The lowest BCUT2D eigenvalue weighted by atomic mass is 10.1. The molecule has 0 unspecified atom stereocenters. The summed E-state index contributed by atoms with van der Waals surface area (Å²) in [5, 5.41) is 11.6. The fraction of sp³-hybridized carbons (Fsp3) is 0.133. The third-order valence-electron chi connectivity index (χ3n) is 3.23. The first kappa shape index (κ1) is 13.2. The first-order valence-corrected chi connectivity index (χ1v) is 6.47. The molecular formula is C15H14FN5. The van der Waals surface area contributed by atoms with E-state index < -0.39 is 0 Å². The Morgan fingerprint density at radius 3 is 2.67 bits per heavy atom. The van der Waals surface area contributed by atoms with Gasteiger partial charge in [-0.1, -0.05) is 12.1 Å². The van der Waals surface area contributed by atoms with Crippen LogP contribution in [-0.2, 0) is 0 Å². The first-order chi connectivity index (χ1) is 10.1. The summed E-state index contributed by atoms with van der Waals surface area (Å²) in [6.45, 7) is 3.75. The highest BCUT2D eigenvalue weighted by molar-refractivity contribution is 5.64. The molecule has 0 radical (unpaired) electrons. The number of halogens is 1. The molecular weight excluding hydrogens is 269 g/mol. The Morgan fingerprint density at radius 2 is 1.95 bits per heavy atom. The fourth-order valence-electron chi connectivity index (χ4n) is 2.35. The van der Waals surface area contributed by atoms with Gasteiger partial charge in [-0.2, -0.15) is 4.68 Å². The highest BCUT2D eigenvalue weighted by Crippen LogP contribution is 2.25. The summed E-state index contributed by atoms with van der Waals surface area (Å²) in [5.74, 6) is 0.0859. The van der Waals surface area contributed by atoms with E-state index in [0.29, 0.717) is 17.2 Å². The van der Waals surface area contributed by atoms with E-state index in [9.17, 15) is 4.39 Å². The Balaban J connectivity index is 2.22. The number of nitrogens with zero attached hydrogens (tertiary/aromatic N) is 4. The van der Waals surface area contributed by atoms with Crippen molar-refractivity contribution in [3.63, 3.8) is 0 Å². The Kier molecular flexibility index (Phi) is 3.13. The third kappa shape index (κ3) is 2.35. The average Bonchev–Trinajstić information content (AvgIpc) is 2.86. The van der Waals surface area contributed by atoms with Gasteiger partial charge in [0.25, 0.3) is 0 Å². The normalized spacial score (nSPS) is 10.8. The number of tetrazole rings is 1. The van der Waals surface area contributed by atoms with Crippen LogP contribution in [-0.4, -0.2) is 20.2 Å². The Labute approximate surface area is 121 Å². The molecule has 0 aliphatic heterocycles. The minimum absolute atomic E-state index is 0.345. The van der Waals surface area contributed by atoms with Gasteiger partial charge in [-0.3, -0.25) is 0 Å². The van der Waals surface area contributed by atoms with Gasteiger partial charge in [-0.05, 0) is 59.7 Å². The van der Waals surface area contributed by atoms with Gasteiger partial charge in [0.05, 0.1) is 0 Å². The van der Waals surface area contributed by atoms with E-state index in [1.54, 1.807) is 12.1 Å². The van der Waals surface area contributed by atoms with Crippen molar-refractivity contribution >= 4 is 5.69 Å². The van der Waals surface area contributed by atoms with Crippen LogP contribution in [0.4, 0.5) is 10.1 Å². The van der Waals surface area contributed by atoms with Crippen LogP contribution >= 0.6 is 0 Å². The van der Waals surface area contributed by atoms with Gasteiger partial charge in [-0.15, -0.1) is 5.10 Å². The molecule has 0 saturated heterocycles. The lowest BCUT2D eigenvalue weighted by molar-refractivity contribution is 0.606. The van der Waals surface area contributed by atoms with Gasteiger partial charge in [0.15, 0.2) is 5.82 Å². The van der Waals surface area contributed by atoms with E-state index in [4.69, 9.17) is 5.73 Å². The van der Waals surface area contributed by atoms with Gasteiger partial charge >= 0.3 is 0 Å². The summed E-state index contributed by atoms with van der Waals surface area (Å²) in [6.07, 6.45) is 0. The molecule has 0 aliphatic carbocycles. The van der Waals surface area contributed by atoms with Crippen molar-refractivity contribution in [3.8, 4) is 17.1 Å². The lowest BCUT2D eigenvalue weighted by Crippen LogP contribution is -2.05. The number of hydrogen-bond donors (Lipinski definition) is 1. The summed E-state index contributed by atoms with van der Waals surface area (Å²) in [6, 6.07) is 10.4. The van der Waals surface area contributed by atoms with Gasteiger partial charge in [0.2, 0.25) is 0 Å². The van der Waals surface area contributed by atoms with Crippen molar-refractivity contribution < 1.29 is 4.39 Å². The summed E-state index contributed by atoms with van der Waals surface area (Å²) in [7, 11) is 0. The summed E-state index contributed by atoms with van der Waals surface area (Å²) in [5.41, 5.74) is 9.32. The molecule has 0 fully saturated rings. The van der Waals surface area contributed by atoms with E-state index >= 15 is 0 Å². The topological polar surface area (TPSA) is 69.6 Å². The largest absolute Gasteiger partial charge is 0.399 e. The minimum Gasteiger partial charge on any atom is -0.399 e.